The molecule has 0 bridgehead atoms. The van der Waals surface area contributed by atoms with Gasteiger partial charge >= 0.3 is 11.9 Å². The van der Waals surface area contributed by atoms with Crippen LogP contribution in [0.3, 0.4) is 0 Å². The van der Waals surface area contributed by atoms with Crippen molar-refractivity contribution in [3.8, 4) is 0 Å². The van der Waals surface area contributed by atoms with Crippen molar-refractivity contribution in [1.82, 2.24) is 0 Å². The van der Waals surface area contributed by atoms with Crippen molar-refractivity contribution in [1.29, 1.82) is 0 Å². The second-order valence-corrected chi connectivity index (χ2v) is 6.09. The van der Waals surface area contributed by atoms with Crippen LogP contribution in [0, 0.1) is 0 Å². The smallest absolute Gasteiger partial charge is 0.359 e. The zero-order chi connectivity index (χ0) is 18.4. The molecule has 0 spiro atoms. The molecule has 0 unspecified atom stereocenters. The van der Waals surface area contributed by atoms with Gasteiger partial charge in [-0.2, -0.15) is 0 Å². The first-order chi connectivity index (χ1) is 12.6. The van der Waals surface area contributed by atoms with E-state index in [1.165, 1.54) is 6.08 Å². The lowest BCUT2D eigenvalue weighted by molar-refractivity contribution is -0.144. The molecule has 0 N–H and O–H groups in total. The summed E-state index contributed by atoms with van der Waals surface area (Å²) in [6.07, 6.45) is 3.23. The number of aliphatic imine (C=N–C) groups is 1. The van der Waals surface area contributed by atoms with E-state index in [1.807, 2.05) is 60.7 Å². The van der Waals surface area contributed by atoms with E-state index < -0.39 is 17.7 Å². The Morgan fingerprint density at radius 1 is 1.12 bits per heavy atom. The quantitative estimate of drug-likeness (QED) is 0.592. The molecule has 0 aromatic heterocycles. The number of benzene rings is 2. The third-order valence-corrected chi connectivity index (χ3v) is 3.88. The number of hydrogen-bond acceptors (Lipinski definition) is 5. The molecule has 26 heavy (non-hydrogen) atoms. The Morgan fingerprint density at radius 2 is 1.77 bits per heavy atom. The molecule has 0 saturated carbocycles. The summed E-state index contributed by atoms with van der Waals surface area (Å²) in [5.41, 5.74) is 0.919. The molecule has 0 saturated heterocycles. The number of esters is 2. The van der Waals surface area contributed by atoms with Gasteiger partial charge in [0.1, 0.15) is 6.61 Å². The summed E-state index contributed by atoms with van der Waals surface area (Å²) < 4.78 is 10.5. The third kappa shape index (κ3) is 4.45. The van der Waals surface area contributed by atoms with Crippen molar-refractivity contribution in [3.63, 3.8) is 0 Å². The fraction of sp³-hybridized carbons (Fsp3) is 0.190. The monoisotopic (exact) mass is 349 g/mol. The highest BCUT2D eigenvalue weighted by molar-refractivity contribution is 6.44. The zero-order valence-electron chi connectivity index (χ0n) is 14.4. The number of cyclic esters (lactones) is 1. The summed E-state index contributed by atoms with van der Waals surface area (Å²) in [5, 5.41) is 0. The Bertz CT molecular complexity index is 843. The Balaban J connectivity index is 1.56. The third-order valence-electron chi connectivity index (χ3n) is 3.88. The van der Waals surface area contributed by atoms with E-state index in [-0.39, 0.29) is 13.0 Å². The lowest BCUT2D eigenvalue weighted by atomic mass is 10.1. The highest BCUT2D eigenvalue weighted by Crippen LogP contribution is 2.26. The van der Waals surface area contributed by atoms with Gasteiger partial charge in [-0.05, 0) is 12.5 Å². The summed E-state index contributed by atoms with van der Waals surface area (Å²) in [6.45, 7) is 1.92. The van der Waals surface area contributed by atoms with Gasteiger partial charge in [0.15, 0.2) is 5.71 Å². The standard InChI is InChI=1S/C21H19NO4/c1-21(22-19(20(24)26-21)17-11-6-3-7-12-17)14-8-13-18(23)25-15-16-9-4-2-5-10-16/h2-13H,14-15H2,1H3/b13-8+/t21-/m1/s1. The van der Waals surface area contributed by atoms with Gasteiger partial charge < -0.3 is 9.47 Å². The SMILES string of the molecule is C[C@@]1(C/C=C/C(=O)OCc2ccccc2)N=C(c2ccccc2)C(=O)O1. The van der Waals surface area contributed by atoms with Crippen molar-refractivity contribution in [3.05, 3.63) is 83.9 Å². The Kier molecular flexibility index (Phi) is 5.27. The first-order valence-corrected chi connectivity index (χ1v) is 8.32. The van der Waals surface area contributed by atoms with Crippen LogP contribution in [0.5, 0.6) is 0 Å². The minimum atomic E-state index is -1.02. The fourth-order valence-corrected chi connectivity index (χ4v) is 2.57. The molecule has 0 fully saturated rings. The van der Waals surface area contributed by atoms with E-state index in [0.717, 1.165) is 5.56 Å². The average Bonchev–Trinajstić information content (AvgIpc) is 2.96. The first-order valence-electron chi connectivity index (χ1n) is 8.32. The van der Waals surface area contributed by atoms with Crippen LogP contribution in [0.15, 0.2) is 77.8 Å². The summed E-state index contributed by atoms with van der Waals surface area (Å²) >= 11 is 0. The number of ether oxygens (including phenoxy) is 2. The molecule has 0 aliphatic carbocycles. The van der Waals surface area contributed by atoms with Crippen molar-refractivity contribution in [2.75, 3.05) is 0 Å². The van der Waals surface area contributed by atoms with E-state index in [1.54, 1.807) is 13.0 Å². The Morgan fingerprint density at radius 3 is 2.46 bits per heavy atom. The van der Waals surface area contributed by atoms with Gasteiger partial charge in [0, 0.05) is 18.1 Å². The minimum absolute atomic E-state index is 0.215. The topological polar surface area (TPSA) is 65.0 Å². The molecule has 1 atom stereocenters. The Hall–Kier alpha value is -3.21. The van der Waals surface area contributed by atoms with Crippen molar-refractivity contribution < 1.29 is 19.1 Å². The van der Waals surface area contributed by atoms with Gasteiger partial charge in [0.05, 0.1) is 0 Å². The number of hydrogen-bond donors (Lipinski definition) is 0. The van der Waals surface area contributed by atoms with Crippen LogP contribution in [-0.2, 0) is 25.7 Å². The van der Waals surface area contributed by atoms with E-state index in [2.05, 4.69) is 4.99 Å². The maximum absolute atomic E-state index is 12.1. The summed E-state index contributed by atoms with van der Waals surface area (Å²) in [6, 6.07) is 18.6. The lowest BCUT2D eigenvalue weighted by Gasteiger charge is -2.16. The van der Waals surface area contributed by atoms with E-state index in [0.29, 0.717) is 11.3 Å². The van der Waals surface area contributed by atoms with Crippen LogP contribution < -0.4 is 0 Å². The summed E-state index contributed by atoms with van der Waals surface area (Å²) in [7, 11) is 0. The van der Waals surface area contributed by atoms with Gasteiger partial charge in [-0.25, -0.2) is 14.6 Å². The van der Waals surface area contributed by atoms with Crippen LogP contribution in [-0.4, -0.2) is 23.4 Å². The van der Waals surface area contributed by atoms with Gasteiger partial charge in [0.25, 0.3) is 0 Å². The molecular formula is C21H19NO4. The molecule has 2 aromatic rings. The number of rotatable bonds is 6. The zero-order valence-corrected chi connectivity index (χ0v) is 14.4. The molecule has 2 aromatic carbocycles. The largest absolute Gasteiger partial charge is 0.458 e. The lowest BCUT2D eigenvalue weighted by Crippen LogP contribution is -2.23. The molecule has 5 heteroatoms. The van der Waals surface area contributed by atoms with Crippen LogP contribution >= 0.6 is 0 Å². The molecule has 132 valence electrons. The average molecular weight is 349 g/mol. The second-order valence-electron chi connectivity index (χ2n) is 6.09. The molecule has 1 aliphatic heterocycles. The van der Waals surface area contributed by atoms with Gasteiger partial charge in [-0.1, -0.05) is 66.7 Å². The van der Waals surface area contributed by atoms with Crippen molar-refractivity contribution >= 4 is 17.7 Å². The van der Waals surface area contributed by atoms with Crippen LogP contribution in [0.4, 0.5) is 0 Å². The molecule has 1 heterocycles. The van der Waals surface area contributed by atoms with Gasteiger partial charge in [-0.15, -0.1) is 0 Å². The normalized spacial score (nSPS) is 19.3. The minimum Gasteiger partial charge on any atom is -0.458 e. The second kappa shape index (κ2) is 7.78. The molecular weight excluding hydrogens is 330 g/mol. The summed E-state index contributed by atoms with van der Waals surface area (Å²) in [5.74, 6) is -0.909. The molecule has 0 amide bonds. The van der Waals surface area contributed by atoms with Gasteiger partial charge in [-0.3, -0.25) is 0 Å². The fourth-order valence-electron chi connectivity index (χ4n) is 2.57. The maximum Gasteiger partial charge on any atom is 0.359 e. The van der Waals surface area contributed by atoms with E-state index in [4.69, 9.17) is 9.47 Å². The van der Waals surface area contributed by atoms with Crippen LogP contribution in [0.25, 0.3) is 0 Å². The van der Waals surface area contributed by atoms with Crippen molar-refractivity contribution in [2.45, 2.75) is 25.7 Å². The maximum atomic E-state index is 12.1. The van der Waals surface area contributed by atoms with E-state index >= 15 is 0 Å². The first kappa shape index (κ1) is 17.6. The highest BCUT2D eigenvalue weighted by atomic mass is 16.6. The Labute approximate surface area is 152 Å². The van der Waals surface area contributed by atoms with Crippen LogP contribution in [0.1, 0.15) is 24.5 Å². The predicted octanol–water partition coefficient (Wildman–Crippen LogP) is 3.44. The molecule has 5 nitrogen and oxygen atoms in total. The molecule has 0 radical (unpaired) electrons. The number of carbonyl (C=O) groups excluding carboxylic acids is 2. The van der Waals surface area contributed by atoms with Crippen molar-refractivity contribution in [2.24, 2.45) is 4.99 Å². The predicted molar refractivity (Wildman–Crippen MR) is 97.5 cm³/mol. The summed E-state index contributed by atoms with van der Waals surface area (Å²) in [4.78, 5) is 28.3. The molecule has 3 rings (SSSR count). The van der Waals surface area contributed by atoms with Gasteiger partial charge in [0.2, 0.25) is 5.72 Å². The highest BCUT2D eigenvalue weighted by Gasteiger charge is 2.37. The number of carbonyl (C=O) groups is 2. The van der Waals surface area contributed by atoms with Crippen LogP contribution in [0.2, 0.25) is 0 Å². The van der Waals surface area contributed by atoms with E-state index in [9.17, 15) is 9.59 Å². The number of nitrogens with zero attached hydrogens (tertiary/aromatic N) is 1. The molecule has 1 aliphatic rings.